The van der Waals surface area contributed by atoms with Crippen molar-refractivity contribution in [2.45, 2.75) is 58.3 Å². The van der Waals surface area contributed by atoms with Gasteiger partial charge < -0.3 is 9.72 Å². The Labute approximate surface area is 165 Å². The van der Waals surface area contributed by atoms with E-state index in [0.29, 0.717) is 41.3 Å². The molecule has 0 fully saturated rings. The minimum Gasteiger partial charge on any atom is -0.461 e. The number of benzene rings is 1. The largest absolute Gasteiger partial charge is 0.461 e. The molecule has 0 amide bonds. The zero-order chi connectivity index (χ0) is 19.4. The topological polar surface area (TPSA) is 59.2 Å². The van der Waals surface area contributed by atoms with Crippen molar-refractivity contribution in [1.82, 2.24) is 4.98 Å². The van der Waals surface area contributed by atoms with Crippen molar-refractivity contribution in [3.63, 3.8) is 0 Å². The van der Waals surface area contributed by atoms with Gasteiger partial charge in [-0.05, 0) is 48.9 Å². The van der Waals surface area contributed by atoms with Crippen LogP contribution in [-0.2, 0) is 11.2 Å². The first-order chi connectivity index (χ1) is 13.0. The minimum atomic E-state index is -0.366. The number of esters is 1. The molecule has 0 radical (unpaired) electrons. The zero-order valence-electron chi connectivity index (χ0n) is 15.9. The van der Waals surface area contributed by atoms with Gasteiger partial charge in [0.15, 0.2) is 5.78 Å². The Morgan fingerprint density at radius 3 is 2.63 bits per heavy atom. The molecule has 144 valence electrons. The van der Waals surface area contributed by atoms with Crippen LogP contribution in [-0.4, -0.2) is 23.3 Å². The van der Waals surface area contributed by atoms with E-state index in [1.807, 2.05) is 31.2 Å². The molecule has 2 aromatic rings. The highest BCUT2D eigenvalue weighted by atomic mass is 35.5. The average molecular weight is 388 g/mol. The number of carbonyl (C=O) groups is 2. The van der Waals surface area contributed by atoms with E-state index < -0.39 is 0 Å². The quantitative estimate of drug-likeness (QED) is 0.495. The van der Waals surface area contributed by atoms with Crippen molar-refractivity contribution >= 4 is 23.4 Å². The summed E-state index contributed by atoms with van der Waals surface area (Å²) in [6, 6.07) is 7.62. The molecule has 1 heterocycles. The lowest BCUT2D eigenvalue weighted by atomic mass is 9.81. The first-order valence-corrected chi connectivity index (χ1v) is 10.1. The van der Waals surface area contributed by atoms with Crippen LogP contribution in [0.1, 0.15) is 82.6 Å². The normalized spacial score (nSPS) is 16.3. The predicted molar refractivity (Wildman–Crippen MR) is 107 cm³/mol. The summed E-state index contributed by atoms with van der Waals surface area (Å²) in [5.74, 6) is -0.195. The van der Waals surface area contributed by atoms with E-state index in [1.54, 1.807) is 0 Å². The first-order valence-electron chi connectivity index (χ1n) is 9.68. The molecular weight excluding hydrogens is 362 g/mol. The van der Waals surface area contributed by atoms with Crippen molar-refractivity contribution in [3.05, 3.63) is 57.4 Å². The van der Waals surface area contributed by atoms with E-state index in [2.05, 4.69) is 11.9 Å². The second-order valence-electron chi connectivity index (χ2n) is 7.26. The fourth-order valence-corrected chi connectivity index (χ4v) is 3.90. The highest BCUT2D eigenvalue weighted by Gasteiger charge is 2.32. The number of ether oxygens (including phenoxy) is 1. The van der Waals surface area contributed by atoms with E-state index in [9.17, 15) is 9.59 Å². The Hall–Kier alpha value is -2.07. The standard InChI is InChI=1S/C22H26ClNO3/c1-3-4-5-6-11-27-22(26)21-14(2)20-18(24-21)12-16(13-19(20)25)15-7-9-17(23)10-8-15/h7-10,16,24H,3-6,11-13H2,1-2H3. The van der Waals surface area contributed by atoms with Gasteiger partial charge in [-0.2, -0.15) is 0 Å². The number of ketones is 1. The highest BCUT2D eigenvalue weighted by molar-refractivity contribution is 6.30. The van der Waals surface area contributed by atoms with Crippen LogP contribution < -0.4 is 0 Å². The minimum absolute atomic E-state index is 0.0759. The van der Waals surface area contributed by atoms with Gasteiger partial charge >= 0.3 is 5.97 Å². The van der Waals surface area contributed by atoms with Crippen molar-refractivity contribution < 1.29 is 14.3 Å². The van der Waals surface area contributed by atoms with Crippen LogP contribution in [0.2, 0.25) is 5.02 Å². The number of fused-ring (bicyclic) bond motifs is 1. The number of Topliss-reactive ketones (excluding diaryl/α,β-unsaturated/α-hetero) is 1. The summed E-state index contributed by atoms with van der Waals surface area (Å²) in [6.45, 7) is 4.39. The van der Waals surface area contributed by atoms with Gasteiger partial charge in [0.1, 0.15) is 5.69 Å². The predicted octanol–water partition coefficient (Wildman–Crippen LogP) is 5.63. The molecule has 1 unspecified atom stereocenters. The third-order valence-corrected chi connectivity index (χ3v) is 5.52. The SMILES string of the molecule is CCCCCCOC(=O)c1[nH]c2c(c1C)C(=O)CC(c1ccc(Cl)cc1)C2. The smallest absolute Gasteiger partial charge is 0.355 e. The molecule has 0 saturated carbocycles. The van der Waals surface area contributed by atoms with Crippen molar-refractivity contribution in [2.75, 3.05) is 6.61 Å². The van der Waals surface area contributed by atoms with E-state index >= 15 is 0 Å². The summed E-state index contributed by atoms with van der Waals surface area (Å²) in [5.41, 5.74) is 3.72. The lowest BCUT2D eigenvalue weighted by molar-refractivity contribution is 0.0490. The molecule has 0 saturated heterocycles. The van der Waals surface area contributed by atoms with E-state index in [-0.39, 0.29) is 17.7 Å². The summed E-state index contributed by atoms with van der Waals surface area (Å²) >= 11 is 5.96. The number of rotatable bonds is 7. The lowest BCUT2D eigenvalue weighted by Gasteiger charge is -2.22. The van der Waals surface area contributed by atoms with Crippen molar-refractivity contribution in [1.29, 1.82) is 0 Å². The van der Waals surface area contributed by atoms with Gasteiger partial charge in [0.25, 0.3) is 0 Å². The number of H-pyrrole nitrogens is 1. The summed E-state index contributed by atoms with van der Waals surface area (Å²) in [5, 5.41) is 0.682. The monoisotopic (exact) mass is 387 g/mol. The van der Waals surface area contributed by atoms with Crippen LogP contribution in [0, 0.1) is 6.92 Å². The molecule has 1 aliphatic rings. The zero-order valence-corrected chi connectivity index (χ0v) is 16.7. The number of hydrogen-bond donors (Lipinski definition) is 1. The second-order valence-corrected chi connectivity index (χ2v) is 7.69. The van der Waals surface area contributed by atoms with Gasteiger partial charge in [0, 0.05) is 22.7 Å². The molecule has 1 aliphatic carbocycles. The first kappa shape index (κ1) is 19.7. The van der Waals surface area contributed by atoms with Crippen LogP contribution in [0.25, 0.3) is 0 Å². The third kappa shape index (κ3) is 4.44. The maximum atomic E-state index is 12.7. The Bertz CT molecular complexity index is 823. The second kappa shape index (κ2) is 8.75. The van der Waals surface area contributed by atoms with Gasteiger partial charge in [0.2, 0.25) is 0 Å². The summed E-state index contributed by atoms with van der Waals surface area (Å²) in [7, 11) is 0. The average Bonchev–Trinajstić information content (AvgIpc) is 2.99. The molecular formula is C22H26ClNO3. The molecule has 4 nitrogen and oxygen atoms in total. The highest BCUT2D eigenvalue weighted by Crippen LogP contribution is 2.35. The van der Waals surface area contributed by atoms with Crippen LogP contribution in [0.3, 0.4) is 0 Å². The molecule has 27 heavy (non-hydrogen) atoms. The van der Waals surface area contributed by atoms with Gasteiger partial charge in [-0.3, -0.25) is 4.79 Å². The Morgan fingerprint density at radius 2 is 1.93 bits per heavy atom. The van der Waals surface area contributed by atoms with Crippen LogP contribution in [0.5, 0.6) is 0 Å². The van der Waals surface area contributed by atoms with E-state index in [1.165, 1.54) is 0 Å². The van der Waals surface area contributed by atoms with Gasteiger partial charge in [0.05, 0.1) is 6.61 Å². The van der Waals surface area contributed by atoms with E-state index in [4.69, 9.17) is 16.3 Å². The number of carbonyl (C=O) groups excluding carboxylic acids is 2. The summed E-state index contributed by atoms with van der Waals surface area (Å²) in [4.78, 5) is 28.3. The molecule has 0 aliphatic heterocycles. The summed E-state index contributed by atoms with van der Waals surface area (Å²) in [6.07, 6.45) is 5.37. The van der Waals surface area contributed by atoms with Crippen molar-refractivity contribution in [2.24, 2.45) is 0 Å². The number of halogens is 1. The number of hydrogen-bond acceptors (Lipinski definition) is 3. The molecule has 0 spiro atoms. The van der Waals surface area contributed by atoms with Crippen molar-refractivity contribution in [3.8, 4) is 0 Å². The molecule has 5 heteroatoms. The lowest BCUT2D eigenvalue weighted by Crippen LogP contribution is -2.18. The van der Waals surface area contributed by atoms with E-state index in [0.717, 1.165) is 36.9 Å². The third-order valence-electron chi connectivity index (χ3n) is 5.27. The van der Waals surface area contributed by atoms with Crippen LogP contribution >= 0.6 is 11.6 Å². The number of unbranched alkanes of at least 4 members (excludes halogenated alkanes) is 3. The molecule has 1 aromatic carbocycles. The molecule has 0 bridgehead atoms. The van der Waals surface area contributed by atoms with Crippen LogP contribution in [0.4, 0.5) is 0 Å². The Balaban J connectivity index is 1.73. The molecule has 3 rings (SSSR count). The fourth-order valence-electron chi connectivity index (χ4n) is 3.77. The molecule has 1 atom stereocenters. The maximum Gasteiger partial charge on any atom is 0.355 e. The number of aromatic nitrogens is 1. The molecule has 1 aromatic heterocycles. The van der Waals surface area contributed by atoms with Gasteiger partial charge in [-0.1, -0.05) is 49.9 Å². The summed E-state index contributed by atoms with van der Waals surface area (Å²) < 4.78 is 5.40. The Kier molecular flexibility index (Phi) is 6.38. The Morgan fingerprint density at radius 1 is 1.19 bits per heavy atom. The molecule has 1 N–H and O–H groups in total. The van der Waals surface area contributed by atoms with Gasteiger partial charge in [-0.25, -0.2) is 4.79 Å². The van der Waals surface area contributed by atoms with Gasteiger partial charge in [-0.15, -0.1) is 0 Å². The fraction of sp³-hybridized carbons (Fsp3) is 0.455. The number of aromatic amines is 1. The van der Waals surface area contributed by atoms with Crippen LogP contribution in [0.15, 0.2) is 24.3 Å². The number of nitrogens with one attached hydrogen (secondary N) is 1. The maximum absolute atomic E-state index is 12.7.